The van der Waals surface area contributed by atoms with Gasteiger partial charge in [0.1, 0.15) is 5.75 Å². The first kappa shape index (κ1) is 17.5. The van der Waals surface area contributed by atoms with Crippen molar-refractivity contribution in [2.75, 3.05) is 7.11 Å². The highest BCUT2D eigenvalue weighted by molar-refractivity contribution is 5.81. The van der Waals surface area contributed by atoms with Gasteiger partial charge >= 0.3 is 0 Å². The fourth-order valence-corrected chi connectivity index (χ4v) is 2.29. The van der Waals surface area contributed by atoms with Crippen LogP contribution in [-0.2, 0) is 4.79 Å². The van der Waals surface area contributed by atoms with Crippen molar-refractivity contribution in [3.05, 3.63) is 29.8 Å². The average molecular weight is 292 g/mol. The first-order valence-electron chi connectivity index (χ1n) is 7.82. The molecule has 3 N–H and O–H groups in total. The second kappa shape index (κ2) is 9.40. The average Bonchev–Trinajstić information content (AvgIpc) is 2.51. The normalized spacial score (nSPS) is 13.5. The second-order valence-corrected chi connectivity index (χ2v) is 5.37. The van der Waals surface area contributed by atoms with Crippen LogP contribution in [0, 0.1) is 0 Å². The number of ether oxygens (including phenoxy) is 1. The Morgan fingerprint density at radius 1 is 1.19 bits per heavy atom. The number of rotatable bonds is 9. The predicted octanol–water partition coefficient (Wildman–Crippen LogP) is 3.17. The van der Waals surface area contributed by atoms with Crippen LogP contribution in [0.3, 0.4) is 0 Å². The van der Waals surface area contributed by atoms with Crippen molar-refractivity contribution in [2.24, 2.45) is 5.73 Å². The SMILES string of the molecule is CCCCC(NC(=O)C(N)CCC)c1ccc(OC)cc1. The van der Waals surface area contributed by atoms with Crippen LogP contribution in [0.5, 0.6) is 5.75 Å². The minimum Gasteiger partial charge on any atom is -0.497 e. The van der Waals surface area contributed by atoms with Crippen molar-refractivity contribution in [3.8, 4) is 5.75 Å². The topological polar surface area (TPSA) is 64.4 Å². The number of benzene rings is 1. The summed E-state index contributed by atoms with van der Waals surface area (Å²) in [5, 5.41) is 3.09. The van der Waals surface area contributed by atoms with Crippen LogP contribution >= 0.6 is 0 Å². The summed E-state index contributed by atoms with van der Waals surface area (Å²) in [5.74, 6) is 0.760. The van der Waals surface area contributed by atoms with Crippen LogP contribution in [0.1, 0.15) is 57.6 Å². The molecule has 1 aromatic rings. The van der Waals surface area contributed by atoms with Crippen molar-refractivity contribution in [1.82, 2.24) is 5.32 Å². The summed E-state index contributed by atoms with van der Waals surface area (Å²) in [6.07, 6.45) is 4.72. The Hall–Kier alpha value is -1.55. The summed E-state index contributed by atoms with van der Waals surface area (Å²) in [7, 11) is 1.65. The second-order valence-electron chi connectivity index (χ2n) is 5.37. The lowest BCUT2D eigenvalue weighted by Gasteiger charge is -2.21. The van der Waals surface area contributed by atoms with Gasteiger partial charge < -0.3 is 15.8 Å². The van der Waals surface area contributed by atoms with Gasteiger partial charge in [0.2, 0.25) is 5.91 Å². The van der Waals surface area contributed by atoms with E-state index in [0.29, 0.717) is 0 Å². The first-order valence-corrected chi connectivity index (χ1v) is 7.82. The van der Waals surface area contributed by atoms with Crippen LogP contribution in [0.25, 0.3) is 0 Å². The minimum absolute atomic E-state index is 0.0197. The van der Waals surface area contributed by atoms with Gasteiger partial charge in [0.15, 0.2) is 0 Å². The summed E-state index contributed by atoms with van der Waals surface area (Å²) in [6.45, 7) is 4.18. The minimum atomic E-state index is -0.419. The van der Waals surface area contributed by atoms with E-state index in [1.165, 1.54) is 0 Å². The van der Waals surface area contributed by atoms with E-state index < -0.39 is 6.04 Å². The Balaban J connectivity index is 2.76. The van der Waals surface area contributed by atoms with Gasteiger partial charge in [-0.2, -0.15) is 0 Å². The molecule has 0 aliphatic heterocycles. The maximum absolute atomic E-state index is 12.1. The number of amides is 1. The summed E-state index contributed by atoms with van der Waals surface area (Å²) < 4.78 is 5.17. The van der Waals surface area contributed by atoms with E-state index in [4.69, 9.17) is 10.5 Å². The maximum Gasteiger partial charge on any atom is 0.237 e. The molecule has 4 heteroatoms. The standard InChI is InChI=1S/C17H28N2O2/c1-4-6-8-16(19-17(20)15(18)7-5-2)13-9-11-14(21-3)12-10-13/h9-12,15-16H,4-8,18H2,1-3H3,(H,19,20). The molecular weight excluding hydrogens is 264 g/mol. The molecule has 118 valence electrons. The summed E-state index contributed by atoms with van der Waals surface area (Å²) in [6, 6.07) is 7.46. The number of nitrogens with two attached hydrogens (primary N) is 1. The monoisotopic (exact) mass is 292 g/mol. The van der Waals surface area contributed by atoms with Gasteiger partial charge in [0, 0.05) is 0 Å². The van der Waals surface area contributed by atoms with Crippen LogP contribution in [0.15, 0.2) is 24.3 Å². The van der Waals surface area contributed by atoms with E-state index >= 15 is 0 Å². The molecule has 2 unspecified atom stereocenters. The maximum atomic E-state index is 12.1. The Labute approximate surface area is 128 Å². The van der Waals surface area contributed by atoms with Crippen LogP contribution in [0.4, 0.5) is 0 Å². The van der Waals surface area contributed by atoms with Crippen LogP contribution in [-0.4, -0.2) is 19.1 Å². The molecule has 1 amide bonds. The molecule has 0 spiro atoms. The van der Waals surface area contributed by atoms with E-state index in [9.17, 15) is 4.79 Å². The number of nitrogens with one attached hydrogen (secondary N) is 1. The molecule has 1 aromatic carbocycles. The van der Waals surface area contributed by atoms with Crippen molar-refractivity contribution < 1.29 is 9.53 Å². The van der Waals surface area contributed by atoms with Gasteiger partial charge in [-0.3, -0.25) is 4.79 Å². The molecule has 0 bridgehead atoms. The molecule has 1 rings (SSSR count). The summed E-state index contributed by atoms with van der Waals surface area (Å²) in [5.41, 5.74) is 6.99. The Morgan fingerprint density at radius 3 is 2.38 bits per heavy atom. The van der Waals surface area contributed by atoms with Crippen molar-refractivity contribution in [2.45, 2.75) is 58.0 Å². The lowest BCUT2D eigenvalue weighted by atomic mass is 10.00. The highest BCUT2D eigenvalue weighted by Gasteiger charge is 2.18. The third-order valence-corrected chi connectivity index (χ3v) is 3.62. The van der Waals surface area contributed by atoms with Crippen LogP contribution in [0.2, 0.25) is 0 Å². The number of unbranched alkanes of at least 4 members (excludes halogenated alkanes) is 1. The number of hydrogen-bond acceptors (Lipinski definition) is 3. The quantitative estimate of drug-likeness (QED) is 0.734. The van der Waals surface area contributed by atoms with Gasteiger partial charge in [-0.15, -0.1) is 0 Å². The molecule has 0 fully saturated rings. The molecule has 0 heterocycles. The fraction of sp³-hybridized carbons (Fsp3) is 0.588. The number of methoxy groups -OCH3 is 1. The molecule has 0 saturated carbocycles. The predicted molar refractivity (Wildman–Crippen MR) is 86.3 cm³/mol. The number of carbonyl (C=O) groups is 1. The molecular formula is C17H28N2O2. The van der Waals surface area contributed by atoms with E-state index in [1.54, 1.807) is 7.11 Å². The highest BCUT2D eigenvalue weighted by atomic mass is 16.5. The van der Waals surface area contributed by atoms with Gasteiger partial charge in [-0.05, 0) is 30.5 Å². The number of carbonyl (C=O) groups excluding carboxylic acids is 1. The summed E-state index contributed by atoms with van der Waals surface area (Å²) >= 11 is 0. The van der Waals surface area contributed by atoms with E-state index in [2.05, 4.69) is 12.2 Å². The van der Waals surface area contributed by atoms with Crippen LogP contribution < -0.4 is 15.8 Å². The van der Waals surface area contributed by atoms with Gasteiger partial charge in [-0.1, -0.05) is 45.2 Å². The summed E-state index contributed by atoms with van der Waals surface area (Å²) in [4.78, 5) is 12.1. The van der Waals surface area contributed by atoms with E-state index in [-0.39, 0.29) is 11.9 Å². The Morgan fingerprint density at radius 2 is 1.86 bits per heavy atom. The lowest BCUT2D eigenvalue weighted by Crippen LogP contribution is -2.42. The smallest absolute Gasteiger partial charge is 0.237 e. The number of hydrogen-bond donors (Lipinski definition) is 2. The third kappa shape index (κ3) is 5.76. The van der Waals surface area contributed by atoms with Gasteiger partial charge in [0.25, 0.3) is 0 Å². The molecule has 0 aliphatic carbocycles. The van der Waals surface area contributed by atoms with Crippen molar-refractivity contribution in [1.29, 1.82) is 0 Å². The zero-order chi connectivity index (χ0) is 15.7. The molecule has 0 saturated heterocycles. The molecule has 0 aliphatic rings. The third-order valence-electron chi connectivity index (χ3n) is 3.62. The highest BCUT2D eigenvalue weighted by Crippen LogP contribution is 2.22. The molecule has 2 atom stereocenters. The van der Waals surface area contributed by atoms with Crippen molar-refractivity contribution in [3.63, 3.8) is 0 Å². The van der Waals surface area contributed by atoms with E-state index in [0.717, 1.165) is 43.4 Å². The molecule has 0 radical (unpaired) electrons. The van der Waals surface area contributed by atoms with Gasteiger partial charge in [-0.25, -0.2) is 0 Å². The molecule has 4 nitrogen and oxygen atoms in total. The zero-order valence-electron chi connectivity index (χ0n) is 13.4. The van der Waals surface area contributed by atoms with Gasteiger partial charge in [0.05, 0.1) is 19.2 Å². The first-order chi connectivity index (χ1) is 10.1. The lowest BCUT2D eigenvalue weighted by molar-refractivity contribution is -0.123. The Kier molecular flexibility index (Phi) is 7.83. The largest absolute Gasteiger partial charge is 0.497 e. The molecule has 0 aromatic heterocycles. The Bertz CT molecular complexity index is 417. The van der Waals surface area contributed by atoms with E-state index in [1.807, 2.05) is 31.2 Å². The zero-order valence-corrected chi connectivity index (χ0v) is 13.4. The van der Waals surface area contributed by atoms with Crippen molar-refractivity contribution >= 4 is 5.91 Å². The fourth-order valence-electron chi connectivity index (χ4n) is 2.29. The molecule has 21 heavy (non-hydrogen) atoms.